The number of nitrogens with one attached hydrogen (secondary N) is 1. The van der Waals surface area contributed by atoms with Crippen LogP contribution in [0.25, 0.3) is 16.9 Å². The number of fused-ring (bicyclic) bond motifs is 1. The van der Waals surface area contributed by atoms with Gasteiger partial charge in [0.2, 0.25) is 15.9 Å². The van der Waals surface area contributed by atoms with Gasteiger partial charge in [-0.15, -0.1) is 0 Å². The molecular formula is C21H21N7O5S. The summed E-state index contributed by atoms with van der Waals surface area (Å²) in [6.07, 6.45) is 6.03. The van der Waals surface area contributed by atoms with Crippen molar-refractivity contribution in [2.75, 3.05) is 18.4 Å². The van der Waals surface area contributed by atoms with Crippen molar-refractivity contribution in [1.82, 2.24) is 28.6 Å². The van der Waals surface area contributed by atoms with Crippen LogP contribution in [0.4, 0.5) is 5.69 Å². The maximum Gasteiger partial charge on any atom is 0.419 e. The number of sulfonamides is 1. The minimum Gasteiger partial charge on any atom is -0.408 e. The van der Waals surface area contributed by atoms with E-state index in [0.29, 0.717) is 30.1 Å². The summed E-state index contributed by atoms with van der Waals surface area (Å²) in [5.41, 5.74) is 1.02. The maximum absolute atomic E-state index is 12.8. The summed E-state index contributed by atoms with van der Waals surface area (Å²) in [5.74, 6) is -0.599. The molecule has 0 unspecified atom stereocenters. The predicted octanol–water partition coefficient (Wildman–Crippen LogP) is 1.38. The molecule has 0 aliphatic carbocycles. The first-order chi connectivity index (χ1) is 16.4. The number of aryl methyl sites for hydroxylation is 1. The lowest BCUT2D eigenvalue weighted by Crippen LogP contribution is -2.27. The van der Waals surface area contributed by atoms with Gasteiger partial charge in [-0.05, 0) is 37.1 Å². The minimum atomic E-state index is -3.64. The highest BCUT2D eigenvalue weighted by Gasteiger charge is 2.28. The first kappa shape index (κ1) is 22.0. The van der Waals surface area contributed by atoms with Crippen LogP contribution in [-0.4, -0.2) is 56.0 Å². The van der Waals surface area contributed by atoms with Gasteiger partial charge >= 0.3 is 5.76 Å². The number of hydrogen-bond acceptors (Lipinski definition) is 8. The van der Waals surface area contributed by atoms with Crippen molar-refractivity contribution >= 4 is 32.7 Å². The summed E-state index contributed by atoms with van der Waals surface area (Å²) < 4.78 is 35.1. The summed E-state index contributed by atoms with van der Waals surface area (Å²) in [5, 5.41) is 6.79. The van der Waals surface area contributed by atoms with Gasteiger partial charge in [-0.1, -0.05) is 0 Å². The van der Waals surface area contributed by atoms with Gasteiger partial charge in [-0.3, -0.25) is 9.36 Å². The van der Waals surface area contributed by atoms with E-state index in [4.69, 9.17) is 4.42 Å². The lowest BCUT2D eigenvalue weighted by molar-refractivity contribution is -0.116. The summed E-state index contributed by atoms with van der Waals surface area (Å²) >= 11 is 0. The van der Waals surface area contributed by atoms with Crippen molar-refractivity contribution in [3.63, 3.8) is 0 Å². The molecule has 1 aromatic carbocycles. The van der Waals surface area contributed by atoms with Gasteiger partial charge in [0.15, 0.2) is 11.4 Å². The fraction of sp³-hybridized carbons (Fsp3) is 0.286. The number of amides is 1. The molecular weight excluding hydrogens is 462 g/mol. The standard InChI is InChI=1S/C21H21N7O5S/c29-19(25-16-4-3-8-23-20(16)28-14-22-13-24-28)7-11-27-17-6-5-15(12-18(17)33-21(27)30)34(31,32)26-9-1-2-10-26/h3-6,8,12-14H,1-2,7,9-11H2,(H,25,29). The zero-order valence-electron chi connectivity index (χ0n) is 18.0. The quantitative estimate of drug-likeness (QED) is 0.415. The van der Waals surface area contributed by atoms with Gasteiger partial charge in [-0.2, -0.15) is 9.40 Å². The van der Waals surface area contributed by atoms with Crippen LogP contribution in [0.3, 0.4) is 0 Å². The second-order valence-corrected chi connectivity index (χ2v) is 9.71. The average Bonchev–Trinajstić information content (AvgIpc) is 3.59. The molecule has 1 aliphatic heterocycles. The zero-order chi connectivity index (χ0) is 23.7. The molecule has 0 radical (unpaired) electrons. The minimum absolute atomic E-state index is 0.0198. The number of anilines is 1. The first-order valence-corrected chi connectivity index (χ1v) is 12.1. The number of rotatable bonds is 7. The van der Waals surface area contributed by atoms with Crippen molar-refractivity contribution in [2.45, 2.75) is 30.7 Å². The molecule has 13 heteroatoms. The molecule has 0 spiro atoms. The third-order valence-electron chi connectivity index (χ3n) is 5.60. The Balaban J connectivity index is 1.33. The summed E-state index contributed by atoms with van der Waals surface area (Å²) in [6.45, 7) is 1.01. The van der Waals surface area contributed by atoms with E-state index in [2.05, 4.69) is 20.4 Å². The van der Waals surface area contributed by atoms with Crippen LogP contribution in [0.15, 0.2) is 63.3 Å². The van der Waals surface area contributed by atoms with Crippen molar-refractivity contribution in [3.05, 3.63) is 59.7 Å². The van der Waals surface area contributed by atoms with Crippen LogP contribution in [0.1, 0.15) is 19.3 Å². The lowest BCUT2D eigenvalue weighted by atomic mass is 10.3. The number of pyridine rings is 1. The lowest BCUT2D eigenvalue weighted by Gasteiger charge is -2.15. The van der Waals surface area contributed by atoms with Gasteiger partial charge in [-0.25, -0.2) is 27.9 Å². The number of oxazole rings is 1. The van der Waals surface area contributed by atoms with E-state index in [0.717, 1.165) is 12.8 Å². The molecule has 3 aromatic heterocycles. The number of hydrogen-bond donors (Lipinski definition) is 1. The molecule has 0 saturated carbocycles. The highest BCUT2D eigenvalue weighted by Crippen LogP contribution is 2.24. The van der Waals surface area contributed by atoms with Crippen LogP contribution in [0.2, 0.25) is 0 Å². The Morgan fingerprint density at radius 2 is 2.00 bits per heavy atom. The van der Waals surface area contributed by atoms with E-state index in [1.54, 1.807) is 18.3 Å². The molecule has 176 valence electrons. The Morgan fingerprint density at radius 3 is 2.76 bits per heavy atom. The number of carbonyl (C=O) groups excluding carboxylic acids is 1. The normalized spacial score (nSPS) is 14.6. The molecule has 1 amide bonds. The van der Waals surface area contributed by atoms with Crippen LogP contribution in [0.5, 0.6) is 0 Å². The van der Waals surface area contributed by atoms with Gasteiger partial charge in [0.05, 0.1) is 16.1 Å². The molecule has 1 fully saturated rings. The molecule has 1 saturated heterocycles. The molecule has 1 N–H and O–H groups in total. The zero-order valence-corrected chi connectivity index (χ0v) is 18.8. The average molecular weight is 484 g/mol. The Hall–Kier alpha value is -3.84. The van der Waals surface area contributed by atoms with Crippen molar-refractivity contribution in [1.29, 1.82) is 0 Å². The summed E-state index contributed by atoms with van der Waals surface area (Å²) in [7, 11) is -3.64. The summed E-state index contributed by atoms with van der Waals surface area (Å²) in [6, 6.07) is 7.72. The van der Waals surface area contributed by atoms with E-state index in [1.807, 2.05) is 0 Å². The topological polar surface area (TPSA) is 145 Å². The largest absolute Gasteiger partial charge is 0.419 e. The van der Waals surface area contributed by atoms with Crippen LogP contribution in [-0.2, 0) is 21.4 Å². The monoisotopic (exact) mass is 483 g/mol. The van der Waals surface area contributed by atoms with Crippen molar-refractivity contribution in [2.24, 2.45) is 0 Å². The van der Waals surface area contributed by atoms with Gasteiger partial charge in [0.1, 0.15) is 12.7 Å². The maximum atomic E-state index is 12.8. The number of nitrogens with zero attached hydrogens (tertiary/aromatic N) is 6. The molecule has 5 rings (SSSR count). The van der Waals surface area contributed by atoms with E-state index in [-0.39, 0.29) is 29.4 Å². The van der Waals surface area contributed by atoms with Gasteiger partial charge < -0.3 is 9.73 Å². The molecule has 4 aromatic rings. The van der Waals surface area contributed by atoms with Gasteiger partial charge in [0.25, 0.3) is 0 Å². The Kier molecular flexibility index (Phi) is 5.71. The molecule has 12 nitrogen and oxygen atoms in total. The van der Waals surface area contributed by atoms with Crippen LogP contribution in [0, 0.1) is 0 Å². The smallest absolute Gasteiger partial charge is 0.408 e. The summed E-state index contributed by atoms with van der Waals surface area (Å²) in [4.78, 5) is 33.2. The van der Waals surface area contributed by atoms with Crippen LogP contribution < -0.4 is 11.1 Å². The third kappa shape index (κ3) is 4.10. The third-order valence-corrected chi connectivity index (χ3v) is 7.50. The van der Waals surface area contributed by atoms with E-state index < -0.39 is 15.8 Å². The number of aromatic nitrogens is 5. The number of benzene rings is 1. The highest BCUT2D eigenvalue weighted by atomic mass is 32.2. The van der Waals surface area contributed by atoms with E-state index in [1.165, 1.54) is 44.4 Å². The molecule has 0 atom stereocenters. The molecule has 1 aliphatic rings. The second kappa shape index (κ2) is 8.83. The first-order valence-electron chi connectivity index (χ1n) is 10.7. The predicted molar refractivity (Wildman–Crippen MR) is 121 cm³/mol. The van der Waals surface area contributed by atoms with Gasteiger partial charge in [0, 0.05) is 38.3 Å². The molecule has 34 heavy (non-hydrogen) atoms. The van der Waals surface area contributed by atoms with Crippen molar-refractivity contribution in [3.8, 4) is 5.82 Å². The molecule has 0 bridgehead atoms. The Bertz CT molecular complexity index is 1500. The molecule has 4 heterocycles. The number of carbonyl (C=O) groups is 1. The van der Waals surface area contributed by atoms with Crippen molar-refractivity contribution < 1.29 is 17.6 Å². The Morgan fingerprint density at radius 1 is 1.18 bits per heavy atom. The highest BCUT2D eigenvalue weighted by molar-refractivity contribution is 7.89. The fourth-order valence-corrected chi connectivity index (χ4v) is 5.45. The SMILES string of the molecule is O=C(CCn1c(=O)oc2cc(S(=O)(=O)N3CCCC3)ccc21)Nc1cccnc1-n1cncn1. The van der Waals surface area contributed by atoms with E-state index >= 15 is 0 Å². The second-order valence-electron chi connectivity index (χ2n) is 7.77. The Labute approximate surface area is 193 Å². The van der Waals surface area contributed by atoms with Crippen LogP contribution >= 0.6 is 0 Å². The fourth-order valence-electron chi connectivity index (χ4n) is 3.92. The van der Waals surface area contributed by atoms with E-state index in [9.17, 15) is 18.0 Å².